The Morgan fingerprint density at radius 2 is 2.05 bits per heavy atom. The van der Waals surface area contributed by atoms with Gasteiger partial charge in [0.05, 0.1) is 6.54 Å². The molecule has 0 bridgehead atoms. The normalized spacial score (nSPS) is 11.6. The highest BCUT2D eigenvalue weighted by atomic mass is 19.4. The van der Waals surface area contributed by atoms with Crippen LogP contribution in [0.25, 0.3) is 0 Å². The van der Waals surface area contributed by atoms with Crippen molar-refractivity contribution in [3.05, 3.63) is 11.9 Å². The Labute approximate surface area is 119 Å². The molecule has 1 aromatic rings. The third kappa shape index (κ3) is 5.06. The lowest BCUT2D eigenvalue weighted by atomic mass is 10.2. The molecule has 0 fully saturated rings. The molecule has 0 aromatic carbocycles. The van der Waals surface area contributed by atoms with Crippen LogP contribution in [0.4, 0.5) is 24.8 Å². The molecule has 1 aromatic heterocycles. The van der Waals surface area contributed by atoms with Crippen LogP contribution in [-0.4, -0.2) is 29.0 Å². The van der Waals surface area contributed by atoms with Crippen molar-refractivity contribution in [2.75, 3.05) is 23.4 Å². The first-order valence-electron chi connectivity index (χ1n) is 6.09. The van der Waals surface area contributed by atoms with Gasteiger partial charge in [-0.05, 0) is 5.92 Å². The van der Waals surface area contributed by atoms with E-state index >= 15 is 0 Å². The first kappa shape index (κ1) is 17.0. The molecule has 7 nitrogen and oxygen atoms in total. The first-order valence-corrected chi connectivity index (χ1v) is 6.09. The lowest BCUT2D eigenvalue weighted by Gasteiger charge is -2.25. The van der Waals surface area contributed by atoms with Crippen LogP contribution in [0, 0.1) is 5.92 Å². The van der Waals surface area contributed by atoms with E-state index in [2.05, 4.69) is 9.97 Å². The van der Waals surface area contributed by atoms with Crippen molar-refractivity contribution in [3.8, 4) is 0 Å². The van der Waals surface area contributed by atoms with Gasteiger partial charge in [-0.15, -0.1) is 0 Å². The van der Waals surface area contributed by atoms with Crippen molar-refractivity contribution >= 4 is 17.5 Å². The number of nitrogens with zero attached hydrogens (tertiary/aromatic N) is 3. The second kappa shape index (κ2) is 6.57. The molecule has 0 aliphatic rings. The molecule has 0 atom stereocenters. The van der Waals surface area contributed by atoms with E-state index < -0.39 is 17.9 Å². The molecule has 0 spiro atoms. The van der Waals surface area contributed by atoms with E-state index in [1.54, 1.807) is 0 Å². The van der Waals surface area contributed by atoms with Crippen LogP contribution < -0.4 is 21.9 Å². The summed E-state index contributed by atoms with van der Waals surface area (Å²) in [5.41, 5.74) is 7.16. The van der Waals surface area contributed by atoms with Crippen molar-refractivity contribution in [2.45, 2.75) is 20.0 Å². The highest BCUT2D eigenvalue weighted by molar-refractivity contribution is 5.79. The van der Waals surface area contributed by atoms with Gasteiger partial charge in [0, 0.05) is 12.6 Å². The molecule has 1 amide bonds. The van der Waals surface area contributed by atoms with Gasteiger partial charge in [-0.3, -0.25) is 4.79 Å². The van der Waals surface area contributed by atoms with E-state index in [-0.39, 0.29) is 24.1 Å². The number of nitrogen functional groups attached to an aromatic ring is 1. The van der Waals surface area contributed by atoms with E-state index in [9.17, 15) is 18.0 Å². The number of nitrogens with two attached hydrogens (primary N) is 2. The summed E-state index contributed by atoms with van der Waals surface area (Å²) in [6, 6.07) is 1.22. The lowest BCUT2D eigenvalue weighted by molar-refractivity contribution is -0.144. The Hall–Kier alpha value is -2.10. The molecule has 0 saturated heterocycles. The fraction of sp³-hybridized carbons (Fsp3) is 0.545. The van der Waals surface area contributed by atoms with Gasteiger partial charge in [-0.2, -0.15) is 13.2 Å². The highest BCUT2D eigenvalue weighted by Gasteiger charge is 2.36. The number of alkyl halides is 3. The van der Waals surface area contributed by atoms with Crippen molar-refractivity contribution in [1.82, 2.24) is 9.97 Å². The van der Waals surface area contributed by atoms with Crippen LogP contribution in [0.5, 0.6) is 0 Å². The number of anilines is 2. The van der Waals surface area contributed by atoms with Gasteiger partial charge in [0.15, 0.2) is 0 Å². The van der Waals surface area contributed by atoms with Crippen LogP contribution in [-0.2, 0) is 11.0 Å². The molecule has 1 rings (SSSR count). The first-order chi connectivity index (χ1) is 9.63. The largest absolute Gasteiger partial charge is 0.451 e. The number of amides is 1. The van der Waals surface area contributed by atoms with Crippen LogP contribution >= 0.6 is 0 Å². The smallest absolute Gasteiger partial charge is 0.368 e. The lowest BCUT2D eigenvalue weighted by Crippen LogP contribution is -2.37. The zero-order chi connectivity index (χ0) is 16.2. The number of nitrogens with one attached hydrogen (secondary N) is 1. The van der Waals surface area contributed by atoms with Gasteiger partial charge in [0.2, 0.25) is 11.7 Å². The molecule has 0 unspecified atom stereocenters. The summed E-state index contributed by atoms with van der Waals surface area (Å²) >= 11 is 0. The van der Waals surface area contributed by atoms with E-state index in [4.69, 9.17) is 11.6 Å². The summed E-state index contributed by atoms with van der Waals surface area (Å²) < 4.78 is 38.3. The minimum absolute atomic E-state index is 0.0715. The van der Waals surface area contributed by atoms with E-state index in [1.165, 1.54) is 11.0 Å². The summed E-state index contributed by atoms with van der Waals surface area (Å²) in [4.78, 5) is 19.1. The Morgan fingerprint density at radius 1 is 1.43 bits per heavy atom. The van der Waals surface area contributed by atoms with Crippen molar-refractivity contribution < 1.29 is 18.0 Å². The summed E-state index contributed by atoms with van der Waals surface area (Å²) in [7, 11) is 0. The molecule has 5 N–H and O–H groups in total. The number of hydrogen-bond donors (Lipinski definition) is 3. The second-order valence-electron chi connectivity index (χ2n) is 4.82. The van der Waals surface area contributed by atoms with Crippen LogP contribution in [0.2, 0.25) is 0 Å². The maximum atomic E-state index is 12.8. The molecule has 0 aliphatic heterocycles. The number of rotatable bonds is 6. The van der Waals surface area contributed by atoms with E-state index in [1.807, 2.05) is 19.3 Å². The number of carbonyl (C=O) groups is 1. The van der Waals surface area contributed by atoms with Gasteiger partial charge in [0.25, 0.3) is 0 Å². The molecule has 0 radical (unpaired) electrons. The monoisotopic (exact) mass is 306 g/mol. The molecule has 118 valence electrons. The molecule has 10 heteroatoms. The predicted octanol–water partition coefficient (Wildman–Crippen LogP) is 0.729. The average Bonchev–Trinajstić information content (AvgIpc) is 2.35. The van der Waals surface area contributed by atoms with Gasteiger partial charge in [-0.1, -0.05) is 13.8 Å². The molecule has 21 heavy (non-hydrogen) atoms. The van der Waals surface area contributed by atoms with Gasteiger partial charge in [-0.25, -0.2) is 15.8 Å². The number of hydrazine groups is 1. The summed E-state index contributed by atoms with van der Waals surface area (Å²) in [6.45, 7) is 3.75. The summed E-state index contributed by atoms with van der Waals surface area (Å²) in [6.07, 6.45) is -4.72. The zero-order valence-electron chi connectivity index (χ0n) is 11.6. The number of hydrogen-bond acceptors (Lipinski definition) is 6. The Kier molecular flexibility index (Phi) is 5.30. The second-order valence-corrected chi connectivity index (χ2v) is 4.82. The number of halogens is 3. The van der Waals surface area contributed by atoms with Gasteiger partial charge < -0.3 is 16.1 Å². The summed E-state index contributed by atoms with van der Waals surface area (Å²) in [5, 5.41) is 0. The molecular formula is C11H17F3N6O. The SMILES string of the molecule is CC(C)CN(CC(N)=O)c1cc(NN)nc(C(F)(F)F)n1. The fourth-order valence-electron chi connectivity index (χ4n) is 1.67. The third-order valence-electron chi connectivity index (χ3n) is 2.37. The van der Waals surface area contributed by atoms with Crippen LogP contribution in [0.15, 0.2) is 6.07 Å². The van der Waals surface area contributed by atoms with E-state index in [0.717, 1.165) is 0 Å². The molecule has 0 saturated carbocycles. The molecule has 0 aliphatic carbocycles. The molecule has 1 heterocycles. The van der Waals surface area contributed by atoms with E-state index in [0.29, 0.717) is 6.54 Å². The average molecular weight is 306 g/mol. The Balaban J connectivity index is 3.25. The minimum Gasteiger partial charge on any atom is -0.368 e. The van der Waals surface area contributed by atoms with Gasteiger partial charge >= 0.3 is 6.18 Å². The highest BCUT2D eigenvalue weighted by Crippen LogP contribution is 2.29. The fourth-order valence-corrected chi connectivity index (χ4v) is 1.67. The van der Waals surface area contributed by atoms with Crippen LogP contribution in [0.1, 0.15) is 19.7 Å². The van der Waals surface area contributed by atoms with Crippen molar-refractivity contribution in [2.24, 2.45) is 17.5 Å². The summed E-state index contributed by atoms with van der Waals surface area (Å²) in [5.74, 6) is 2.91. The minimum atomic E-state index is -4.72. The van der Waals surface area contributed by atoms with Crippen LogP contribution in [0.3, 0.4) is 0 Å². The Bertz CT molecular complexity index is 505. The Morgan fingerprint density at radius 3 is 2.48 bits per heavy atom. The van der Waals surface area contributed by atoms with Crippen molar-refractivity contribution in [1.29, 1.82) is 0 Å². The maximum absolute atomic E-state index is 12.8. The quantitative estimate of drug-likeness (QED) is 0.528. The third-order valence-corrected chi connectivity index (χ3v) is 2.37. The number of primary amides is 1. The predicted molar refractivity (Wildman–Crippen MR) is 71.1 cm³/mol. The topological polar surface area (TPSA) is 110 Å². The maximum Gasteiger partial charge on any atom is 0.451 e. The molecular weight excluding hydrogens is 289 g/mol. The number of aromatic nitrogens is 2. The number of carbonyl (C=O) groups excluding carboxylic acids is 1. The zero-order valence-corrected chi connectivity index (χ0v) is 11.6. The standard InChI is InChI=1S/C11H17F3N6O/c1-6(2)4-20(5-7(15)21)9-3-8(19-16)17-10(18-9)11(12,13)14/h3,6H,4-5,16H2,1-2H3,(H2,15,21)(H,17,18,19). The van der Waals surface area contributed by atoms with Crippen molar-refractivity contribution in [3.63, 3.8) is 0 Å². The van der Waals surface area contributed by atoms with Gasteiger partial charge in [0.1, 0.15) is 11.6 Å².